The lowest BCUT2D eigenvalue weighted by molar-refractivity contribution is -0.122. The molecule has 1 heterocycles. The van der Waals surface area contributed by atoms with Crippen LogP contribution in [0.2, 0.25) is 0 Å². The standard InChI is InChI=1S/C20H19NO3S2/c1-2-23-17-10-8-15(9-11-17)14-18-19(22)21(20(25)26-18)12-13-24-16-6-4-3-5-7-16/h3-11,14H,2,12-13H2,1H3/b18-14-. The van der Waals surface area contributed by atoms with Crippen LogP contribution in [0.5, 0.6) is 11.5 Å². The lowest BCUT2D eigenvalue weighted by Gasteiger charge is -2.14. The molecule has 0 radical (unpaired) electrons. The van der Waals surface area contributed by atoms with Crippen molar-refractivity contribution in [1.82, 2.24) is 4.90 Å². The molecule has 2 aromatic carbocycles. The molecule has 0 N–H and O–H groups in total. The summed E-state index contributed by atoms with van der Waals surface area (Å²) in [4.78, 5) is 14.8. The van der Waals surface area contributed by atoms with Crippen LogP contribution in [0.1, 0.15) is 12.5 Å². The summed E-state index contributed by atoms with van der Waals surface area (Å²) in [6.45, 7) is 3.40. The van der Waals surface area contributed by atoms with E-state index in [0.717, 1.165) is 17.1 Å². The maximum atomic E-state index is 12.6. The molecule has 0 saturated carbocycles. The topological polar surface area (TPSA) is 38.8 Å². The maximum absolute atomic E-state index is 12.6. The molecule has 2 aromatic rings. The number of amides is 1. The molecule has 0 unspecified atom stereocenters. The molecular weight excluding hydrogens is 366 g/mol. The van der Waals surface area contributed by atoms with Gasteiger partial charge in [-0.1, -0.05) is 54.3 Å². The van der Waals surface area contributed by atoms with Gasteiger partial charge in [-0.3, -0.25) is 9.69 Å². The first-order valence-electron chi connectivity index (χ1n) is 8.33. The Balaban J connectivity index is 1.60. The van der Waals surface area contributed by atoms with E-state index < -0.39 is 0 Å². The van der Waals surface area contributed by atoms with Gasteiger partial charge >= 0.3 is 0 Å². The van der Waals surface area contributed by atoms with Gasteiger partial charge in [0.15, 0.2) is 0 Å². The summed E-state index contributed by atoms with van der Waals surface area (Å²) in [5, 5.41) is 0. The second-order valence-corrected chi connectivity index (χ2v) is 7.17. The number of carbonyl (C=O) groups excluding carboxylic acids is 1. The van der Waals surface area contributed by atoms with Crippen LogP contribution in [0.3, 0.4) is 0 Å². The molecule has 1 fully saturated rings. The highest BCUT2D eigenvalue weighted by Crippen LogP contribution is 2.32. The first-order chi connectivity index (χ1) is 12.7. The van der Waals surface area contributed by atoms with Crippen molar-refractivity contribution in [3.8, 4) is 11.5 Å². The summed E-state index contributed by atoms with van der Waals surface area (Å²) in [6.07, 6.45) is 1.85. The Morgan fingerprint density at radius 2 is 1.73 bits per heavy atom. The van der Waals surface area contributed by atoms with Gasteiger partial charge in [0.1, 0.15) is 22.4 Å². The van der Waals surface area contributed by atoms with Crippen LogP contribution in [0.4, 0.5) is 0 Å². The Hall–Kier alpha value is -2.31. The summed E-state index contributed by atoms with van der Waals surface area (Å²) < 4.78 is 11.6. The molecule has 0 atom stereocenters. The van der Waals surface area contributed by atoms with Gasteiger partial charge in [0.2, 0.25) is 0 Å². The third-order valence-corrected chi connectivity index (χ3v) is 5.07. The molecule has 0 spiro atoms. The molecule has 134 valence electrons. The van der Waals surface area contributed by atoms with Crippen LogP contribution in [-0.4, -0.2) is 34.9 Å². The second kappa shape index (κ2) is 8.87. The fourth-order valence-corrected chi connectivity index (χ4v) is 3.75. The zero-order chi connectivity index (χ0) is 18.4. The minimum absolute atomic E-state index is 0.0782. The van der Waals surface area contributed by atoms with Crippen LogP contribution in [0, 0.1) is 0 Å². The first-order valence-corrected chi connectivity index (χ1v) is 9.56. The highest BCUT2D eigenvalue weighted by molar-refractivity contribution is 8.26. The number of rotatable bonds is 7. The molecular formula is C20H19NO3S2. The molecule has 3 rings (SSSR count). The zero-order valence-electron chi connectivity index (χ0n) is 14.4. The molecule has 0 aromatic heterocycles. The minimum atomic E-state index is -0.0782. The number of hydrogen-bond acceptors (Lipinski definition) is 5. The van der Waals surface area contributed by atoms with E-state index in [2.05, 4.69) is 0 Å². The van der Waals surface area contributed by atoms with Gasteiger partial charge in [0, 0.05) is 0 Å². The van der Waals surface area contributed by atoms with Gasteiger partial charge in [-0.25, -0.2) is 0 Å². The summed E-state index contributed by atoms with van der Waals surface area (Å²) in [5.74, 6) is 1.52. The van der Waals surface area contributed by atoms with E-state index in [1.165, 1.54) is 11.8 Å². The Morgan fingerprint density at radius 3 is 2.42 bits per heavy atom. The first kappa shape index (κ1) is 18.5. The van der Waals surface area contributed by atoms with Crippen molar-refractivity contribution in [1.29, 1.82) is 0 Å². The van der Waals surface area contributed by atoms with E-state index in [0.29, 0.717) is 29.0 Å². The average Bonchev–Trinajstić information content (AvgIpc) is 2.92. The normalized spacial score (nSPS) is 15.6. The predicted octanol–water partition coefficient (Wildman–Crippen LogP) is 4.37. The van der Waals surface area contributed by atoms with Crippen LogP contribution in [0.25, 0.3) is 6.08 Å². The van der Waals surface area contributed by atoms with Gasteiger partial charge in [0.05, 0.1) is 18.1 Å². The van der Waals surface area contributed by atoms with Crippen molar-refractivity contribution in [2.45, 2.75) is 6.92 Å². The second-order valence-electron chi connectivity index (χ2n) is 5.50. The third-order valence-electron chi connectivity index (χ3n) is 3.69. The fourth-order valence-electron chi connectivity index (χ4n) is 2.44. The van der Waals surface area contributed by atoms with Crippen molar-refractivity contribution in [2.24, 2.45) is 0 Å². The van der Waals surface area contributed by atoms with Crippen molar-refractivity contribution < 1.29 is 14.3 Å². The SMILES string of the molecule is CCOc1ccc(/C=C2\SC(=S)N(CCOc3ccccc3)C2=O)cc1. The van der Waals surface area contributed by atoms with E-state index in [1.54, 1.807) is 4.90 Å². The largest absolute Gasteiger partial charge is 0.494 e. The molecule has 6 heteroatoms. The Kier molecular flexibility index (Phi) is 6.30. The highest BCUT2D eigenvalue weighted by atomic mass is 32.2. The molecule has 1 amide bonds. The quantitative estimate of drug-likeness (QED) is 0.523. The van der Waals surface area contributed by atoms with E-state index >= 15 is 0 Å². The predicted molar refractivity (Wildman–Crippen MR) is 109 cm³/mol. The van der Waals surface area contributed by atoms with Crippen molar-refractivity contribution in [3.63, 3.8) is 0 Å². The van der Waals surface area contributed by atoms with Crippen LogP contribution in [0.15, 0.2) is 59.5 Å². The van der Waals surface area contributed by atoms with Crippen LogP contribution >= 0.6 is 24.0 Å². The third kappa shape index (κ3) is 4.65. The number of benzene rings is 2. The van der Waals surface area contributed by atoms with Crippen molar-refractivity contribution in [3.05, 3.63) is 65.1 Å². The summed E-state index contributed by atoms with van der Waals surface area (Å²) in [6, 6.07) is 17.2. The van der Waals surface area contributed by atoms with E-state index in [-0.39, 0.29) is 5.91 Å². The maximum Gasteiger partial charge on any atom is 0.266 e. The van der Waals surface area contributed by atoms with E-state index in [1.807, 2.05) is 67.6 Å². The number of nitrogens with zero attached hydrogens (tertiary/aromatic N) is 1. The van der Waals surface area contributed by atoms with E-state index in [9.17, 15) is 4.79 Å². The number of thioether (sulfide) groups is 1. The van der Waals surface area contributed by atoms with Crippen molar-refractivity contribution in [2.75, 3.05) is 19.8 Å². The number of hydrogen-bond donors (Lipinski definition) is 0. The summed E-state index contributed by atoms with van der Waals surface area (Å²) in [5.41, 5.74) is 0.939. The number of ether oxygens (including phenoxy) is 2. The molecule has 4 nitrogen and oxygen atoms in total. The molecule has 1 aliphatic rings. The van der Waals surface area contributed by atoms with Crippen LogP contribution in [-0.2, 0) is 4.79 Å². The Bertz CT molecular complexity index is 804. The number of carbonyl (C=O) groups is 1. The van der Waals surface area contributed by atoms with Crippen LogP contribution < -0.4 is 9.47 Å². The van der Waals surface area contributed by atoms with Crippen molar-refractivity contribution >= 4 is 40.3 Å². The Morgan fingerprint density at radius 1 is 1.04 bits per heavy atom. The fraction of sp³-hybridized carbons (Fsp3) is 0.200. The smallest absolute Gasteiger partial charge is 0.266 e. The molecule has 0 bridgehead atoms. The molecule has 1 aliphatic heterocycles. The van der Waals surface area contributed by atoms with Gasteiger partial charge in [0.25, 0.3) is 5.91 Å². The minimum Gasteiger partial charge on any atom is -0.494 e. The number of para-hydroxylation sites is 1. The summed E-state index contributed by atoms with van der Waals surface area (Å²) >= 11 is 6.67. The van der Waals surface area contributed by atoms with Gasteiger partial charge in [-0.2, -0.15) is 0 Å². The summed E-state index contributed by atoms with van der Waals surface area (Å²) in [7, 11) is 0. The lowest BCUT2D eigenvalue weighted by Crippen LogP contribution is -2.32. The highest BCUT2D eigenvalue weighted by Gasteiger charge is 2.31. The Labute approximate surface area is 162 Å². The average molecular weight is 386 g/mol. The molecule has 0 aliphatic carbocycles. The van der Waals surface area contributed by atoms with Gasteiger partial charge in [-0.15, -0.1) is 0 Å². The number of thiocarbonyl (C=S) groups is 1. The lowest BCUT2D eigenvalue weighted by atomic mass is 10.2. The van der Waals surface area contributed by atoms with Gasteiger partial charge in [-0.05, 0) is 42.8 Å². The molecule has 1 saturated heterocycles. The van der Waals surface area contributed by atoms with Gasteiger partial charge < -0.3 is 9.47 Å². The molecule has 26 heavy (non-hydrogen) atoms. The van der Waals surface area contributed by atoms with E-state index in [4.69, 9.17) is 21.7 Å². The zero-order valence-corrected chi connectivity index (χ0v) is 16.0. The monoisotopic (exact) mass is 385 g/mol.